The molecule has 1 aliphatic carbocycles. The number of hydrogen-bond acceptors (Lipinski definition) is 8. The Morgan fingerprint density at radius 2 is 2.07 bits per heavy atom. The highest BCUT2D eigenvalue weighted by molar-refractivity contribution is 6.30. The Morgan fingerprint density at radius 3 is 2.76 bits per heavy atom. The molecule has 5 rings (SSSR count). The molecule has 0 bridgehead atoms. The van der Waals surface area contributed by atoms with E-state index in [-0.39, 0.29) is 24.1 Å². The van der Waals surface area contributed by atoms with E-state index in [0.29, 0.717) is 29.5 Å². The predicted octanol–water partition coefficient (Wildman–Crippen LogP) is 4.81. The van der Waals surface area contributed by atoms with Crippen LogP contribution in [0.4, 0.5) is 5.82 Å². The molecule has 216 valence electrons. The lowest BCUT2D eigenvalue weighted by molar-refractivity contribution is -0.0695. The number of aryl methyl sites for hydroxylation is 1. The van der Waals surface area contributed by atoms with Gasteiger partial charge in [-0.2, -0.15) is 10.4 Å². The Kier molecular flexibility index (Phi) is 7.86. The zero-order chi connectivity index (χ0) is 29.5. The maximum Gasteiger partial charge on any atom is 0.164 e. The van der Waals surface area contributed by atoms with Crippen LogP contribution < -0.4 is 10.5 Å². The number of rotatable bonds is 9. The summed E-state index contributed by atoms with van der Waals surface area (Å²) in [5.41, 5.74) is 8.68. The number of benzene rings is 1. The van der Waals surface area contributed by atoms with Gasteiger partial charge in [0.25, 0.3) is 0 Å². The summed E-state index contributed by atoms with van der Waals surface area (Å²) in [5, 5.41) is 26.6. The van der Waals surface area contributed by atoms with Crippen molar-refractivity contribution in [3.63, 3.8) is 0 Å². The van der Waals surface area contributed by atoms with Crippen LogP contribution >= 0.6 is 11.6 Å². The molecule has 9 nitrogen and oxygen atoms in total. The Morgan fingerprint density at radius 1 is 1.32 bits per heavy atom. The van der Waals surface area contributed by atoms with E-state index >= 15 is 0 Å². The average molecular weight is 576 g/mol. The number of aliphatic hydroxyl groups excluding tert-OH is 1. The van der Waals surface area contributed by atoms with Crippen LogP contribution in [-0.4, -0.2) is 61.6 Å². The van der Waals surface area contributed by atoms with Crippen LogP contribution in [0.2, 0.25) is 0 Å². The molecule has 1 saturated heterocycles. The number of halogens is 1. The van der Waals surface area contributed by atoms with E-state index in [0.717, 1.165) is 41.1 Å². The van der Waals surface area contributed by atoms with E-state index in [9.17, 15) is 10.4 Å². The van der Waals surface area contributed by atoms with Crippen molar-refractivity contribution < 1.29 is 9.84 Å². The first-order valence-corrected chi connectivity index (χ1v) is 14.4. The van der Waals surface area contributed by atoms with E-state index in [2.05, 4.69) is 46.1 Å². The number of anilines is 1. The topological polar surface area (TPSA) is 126 Å². The maximum atomic E-state index is 10.5. The van der Waals surface area contributed by atoms with E-state index in [4.69, 9.17) is 27.2 Å². The fourth-order valence-corrected chi connectivity index (χ4v) is 6.65. The molecule has 2 aromatic heterocycles. The third-order valence-corrected chi connectivity index (χ3v) is 9.16. The third-order valence-electron chi connectivity index (χ3n) is 8.83. The van der Waals surface area contributed by atoms with Crippen molar-refractivity contribution in [1.82, 2.24) is 24.6 Å². The van der Waals surface area contributed by atoms with E-state index in [1.807, 2.05) is 50.6 Å². The van der Waals surface area contributed by atoms with Crippen LogP contribution in [0.3, 0.4) is 0 Å². The van der Waals surface area contributed by atoms with Gasteiger partial charge < -0.3 is 15.6 Å². The van der Waals surface area contributed by atoms with Gasteiger partial charge in [0, 0.05) is 29.1 Å². The fourth-order valence-electron chi connectivity index (χ4n) is 6.27. The summed E-state index contributed by atoms with van der Waals surface area (Å²) in [6.45, 7) is 12.1. The summed E-state index contributed by atoms with van der Waals surface area (Å²) in [5.74, 6) is 0.795. The number of aromatic nitrogens is 4. The molecule has 3 N–H and O–H groups in total. The second-order valence-electron chi connectivity index (χ2n) is 11.8. The number of likely N-dealkylation sites (tertiary alicyclic amines) is 1. The molecule has 3 aromatic rings. The Bertz CT molecular complexity index is 1550. The number of allylic oxidation sites excluding steroid dienone is 4. The number of nitriles is 1. The van der Waals surface area contributed by atoms with Gasteiger partial charge in [0.2, 0.25) is 0 Å². The van der Waals surface area contributed by atoms with Crippen LogP contribution in [0, 0.1) is 35.5 Å². The normalized spacial score (nSPS) is 22.5. The highest BCUT2D eigenvalue weighted by Gasteiger charge is 2.53. The summed E-state index contributed by atoms with van der Waals surface area (Å²) in [6, 6.07) is 10.4. The minimum atomic E-state index is -0.594. The molecule has 1 fully saturated rings. The summed E-state index contributed by atoms with van der Waals surface area (Å²) in [6.07, 6.45) is 6.23. The molecule has 1 aliphatic heterocycles. The van der Waals surface area contributed by atoms with Crippen LogP contribution in [0.5, 0.6) is 5.75 Å². The number of nitrogens with two attached hydrogens (primary N) is 1. The van der Waals surface area contributed by atoms with Crippen molar-refractivity contribution in [2.75, 3.05) is 32.0 Å². The fraction of sp³-hybridized carbons (Fsp3) is 0.484. The second kappa shape index (κ2) is 11.1. The van der Waals surface area contributed by atoms with Crippen LogP contribution in [0.1, 0.15) is 45.0 Å². The molecule has 0 spiro atoms. The highest BCUT2D eigenvalue weighted by Crippen LogP contribution is 2.53. The highest BCUT2D eigenvalue weighted by atomic mass is 35.5. The lowest BCUT2D eigenvalue weighted by Crippen LogP contribution is -2.64. The molecule has 3 atom stereocenters. The zero-order valence-corrected chi connectivity index (χ0v) is 25.1. The van der Waals surface area contributed by atoms with Gasteiger partial charge >= 0.3 is 0 Å². The lowest BCUT2D eigenvalue weighted by Gasteiger charge is -2.57. The maximum absolute atomic E-state index is 10.5. The molecule has 41 heavy (non-hydrogen) atoms. The van der Waals surface area contributed by atoms with Gasteiger partial charge in [0.05, 0.1) is 42.3 Å². The minimum absolute atomic E-state index is 0.0558. The van der Waals surface area contributed by atoms with Gasteiger partial charge in [-0.05, 0) is 76.3 Å². The Balaban J connectivity index is 1.62. The SMILES string of the molecule is CCOc1cccc(CC2(C3CN(C(C)(C)CO)C3)C=C(C(C)n3nc(C)c4c(N)ncnc43)C=C(Cl)C2C#N)c1. The monoisotopic (exact) mass is 575 g/mol. The molecule has 3 heterocycles. The largest absolute Gasteiger partial charge is 0.494 e. The Labute approximate surface area is 246 Å². The van der Waals surface area contributed by atoms with Crippen molar-refractivity contribution in [3.05, 3.63) is 64.6 Å². The lowest BCUT2D eigenvalue weighted by atomic mass is 9.58. The van der Waals surface area contributed by atoms with Gasteiger partial charge in [0.1, 0.15) is 17.9 Å². The summed E-state index contributed by atoms with van der Waals surface area (Å²) >= 11 is 7.01. The van der Waals surface area contributed by atoms with E-state index in [1.54, 1.807) is 0 Å². The third kappa shape index (κ3) is 5.09. The number of ether oxygens (including phenoxy) is 1. The number of nitrogen functional groups attached to an aromatic ring is 1. The smallest absolute Gasteiger partial charge is 0.164 e. The molecule has 10 heteroatoms. The predicted molar refractivity (Wildman–Crippen MR) is 160 cm³/mol. The number of aliphatic hydroxyl groups is 1. The average Bonchev–Trinajstić information content (AvgIpc) is 3.25. The first-order chi connectivity index (χ1) is 19.5. The van der Waals surface area contributed by atoms with Gasteiger partial charge in [-0.1, -0.05) is 29.8 Å². The standard InChI is InChI=1S/C31H38ClN7O2/c1-6-41-24-9-7-8-21(10-24)12-31(23-15-38(16-23)30(4,5)17-40)13-22(11-26(32)25(31)14-33)20(3)39-29-27(19(2)37-39)28(34)35-18-36-29/h7-11,13,18,20,23,25,40H,6,12,15-17H2,1-5H3,(H2,34,35,36). The van der Waals surface area contributed by atoms with E-state index in [1.165, 1.54) is 6.33 Å². The molecule has 1 aromatic carbocycles. The van der Waals surface area contributed by atoms with Gasteiger partial charge in [0.15, 0.2) is 5.65 Å². The van der Waals surface area contributed by atoms with Crippen LogP contribution in [0.15, 0.2) is 53.4 Å². The quantitative estimate of drug-likeness (QED) is 0.372. The molecular formula is C31H38ClN7O2. The first kappa shape index (κ1) is 29.1. The molecular weight excluding hydrogens is 538 g/mol. The summed E-state index contributed by atoms with van der Waals surface area (Å²) < 4.78 is 7.67. The number of fused-ring (bicyclic) bond motifs is 1. The Hall–Kier alpha value is -3.45. The van der Waals surface area contributed by atoms with Gasteiger partial charge in [-0.3, -0.25) is 4.90 Å². The van der Waals surface area contributed by atoms with Crippen molar-refractivity contribution in [2.24, 2.45) is 17.3 Å². The molecule has 0 saturated carbocycles. The van der Waals surface area contributed by atoms with Crippen molar-refractivity contribution in [2.45, 2.75) is 52.6 Å². The zero-order valence-electron chi connectivity index (χ0n) is 24.3. The molecule has 3 unspecified atom stereocenters. The van der Waals surface area contributed by atoms with Crippen molar-refractivity contribution >= 4 is 28.5 Å². The van der Waals surface area contributed by atoms with Gasteiger partial charge in [-0.25, -0.2) is 14.6 Å². The van der Waals surface area contributed by atoms with E-state index < -0.39 is 11.3 Å². The summed E-state index contributed by atoms with van der Waals surface area (Å²) in [7, 11) is 0. The molecule has 0 radical (unpaired) electrons. The van der Waals surface area contributed by atoms with Crippen molar-refractivity contribution in [1.29, 1.82) is 5.26 Å². The summed E-state index contributed by atoms with van der Waals surface area (Å²) in [4.78, 5) is 10.9. The first-order valence-electron chi connectivity index (χ1n) is 14.1. The number of hydrogen-bond donors (Lipinski definition) is 2. The minimum Gasteiger partial charge on any atom is -0.494 e. The van der Waals surface area contributed by atoms with Crippen molar-refractivity contribution in [3.8, 4) is 11.8 Å². The van der Waals surface area contributed by atoms with Crippen LogP contribution in [0.25, 0.3) is 11.0 Å². The van der Waals surface area contributed by atoms with Gasteiger partial charge in [-0.15, -0.1) is 0 Å². The van der Waals surface area contributed by atoms with Crippen LogP contribution in [-0.2, 0) is 6.42 Å². The second-order valence-corrected chi connectivity index (χ2v) is 12.3. The molecule has 0 amide bonds. The molecule has 2 aliphatic rings. The number of nitrogens with zero attached hydrogens (tertiary/aromatic N) is 6.